The first-order valence-corrected chi connectivity index (χ1v) is 18.3. The van der Waals surface area contributed by atoms with Crippen LogP contribution in [0.2, 0.25) is 10.0 Å². The molecule has 4 aromatic carbocycles. The van der Waals surface area contributed by atoms with Gasteiger partial charge in [-0.05, 0) is 78.7 Å². The number of nitrogens with one attached hydrogen (secondary N) is 1. The van der Waals surface area contributed by atoms with Gasteiger partial charge in [-0.2, -0.15) is 0 Å². The lowest BCUT2D eigenvalue weighted by Gasteiger charge is -2.31. The number of carbonyl (C=O) groups is 1. The lowest BCUT2D eigenvalue weighted by atomic mass is 9.85. The van der Waals surface area contributed by atoms with Gasteiger partial charge in [0.05, 0.1) is 31.5 Å². The molecule has 0 radical (unpaired) electrons. The Kier molecular flexibility index (Phi) is 12.3. The van der Waals surface area contributed by atoms with Crippen molar-refractivity contribution >= 4 is 44.8 Å². The van der Waals surface area contributed by atoms with E-state index in [4.69, 9.17) is 52.2 Å². The summed E-state index contributed by atoms with van der Waals surface area (Å²) in [5, 5.41) is 12.7. The summed E-state index contributed by atoms with van der Waals surface area (Å²) in [5.41, 5.74) is -0.00114. The Bertz CT molecular complexity index is 1920. The summed E-state index contributed by atoms with van der Waals surface area (Å²) in [5.74, 6) is 1.01. The molecule has 0 saturated heterocycles. The topological polar surface area (TPSA) is 133 Å². The maximum Gasteiger partial charge on any atom is 0.252 e. The number of carbonyl (C=O) groups excluding carboxylic acids is 1. The highest BCUT2D eigenvalue weighted by molar-refractivity contribution is 7.91. The van der Waals surface area contributed by atoms with Crippen LogP contribution in [0.25, 0.3) is 0 Å². The van der Waals surface area contributed by atoms with E-state index in [9.17, 15) is 13.2 Å². The standard InChI is InChI=1S/C37H38Cl2N2O8S/c1-46-29-14-16-33(47-2)26(23-29)17-19-40-36(43)37(18-22-50(44,45)30-7-4-3-5-8-30)34(31-15-11-27(38)24-32(31)39)49-35(41-37)25-9-12-28(13-10-25)48-21-6-20-42/h3-5,7-16,23-24,34,42H,6,17-22H2,1-2H3,(H,40,43)/t34-,37-/m1/s1. The van der Waals surface area contributed by atoms with Crippen LogP contribution in [0.1, 0.15) is 35.6 Å². The van der Waals surface area contributed by atoms with Crippen molar-refractivity contribution in [2.75, 3.05) is 39.7 Å². The SMILES string of the molecule is COc1ccc(OC)c(CCNC(=O)[C@]2(CCS(=O)(=O)c3ccccc3)N=C(c3ccc(OCCCO)cc3)O[C@@H]2c2ccc(Cl)cc2Cl)c1. The van der Waals surface area contributed by atoms with Crippen LogP contribution in [0.15, 0.2) is 101 Å². The van der Waals surface area contributed by atoms with Gasteiger partial charge in [0.25, 0.3) is 5.91 Å². The normalized spacial score (nSPS) is 17.1. The molecule has 0 bridgehead atoms. The van der Waals surface area contributed by atoms with Crippen molar-refractivity contribution in [1.82, 2.24) is 5.32 Å². The molecule has 1 aliphatic heterocycles. The van der Waals surface area contributed by atoms with Crippen LogP contribution >= 0.6 is 23.2 Å². The zero-order chi connectivity index (χ0) is 35.7. The number of ether oxygens (including phenoxy) is 4. The van der Waals surface area contributed by atoms with Gasteiger partial charge in [0.15, 0.2) is 21.5 Å². The molecule has 10 nitrogen and oxygen atoms in total. The van der Waals surface area contributed by atoms with Crippen molar-refractivity contribution < 1.29 is 37.3 Å². The van der Waals surface area contributed by atoms with Crippen LogP contribution in [0.4, 0.5) is 0 Å². The summed E-state index contributed by atoms with van der Waals surface area (Å²) in [7, 11) is -0.717. The molecule has 264 valence electrons. The number of sulfone groups is 1. The minimum absolute atomic E-state index is 0.00853. The summed E-state index contributed by atoms with van der Waals surface area (Å²) in [6, 6.07) is 25.2. The van der Waals surface area contributed by atoms with Gasteiger partial charge < -0.3 is 29.4 Å². The minimum atomic E-state index is -3.84. The molecule has 0 saturated carbocycles. The molecule has 1 heterocycles. The second-order valence-electron chi connectivity index (χ2n) is 11.5. The average Bonchev–Trinajstić information content (AvgIpc) is 3.52. The average molecular weight is 742 g/mol. The third kappa shape index (κ3) is 8.53. The Labute approximate surface area is 301 Å². The molecule has 50 heavy (non-hydrogen) atoms. The van der Waals surface area contributed by atoms with Crippen LogP contribution in [-0.4, -0.2) is 70.6 Å². The second kappa shape index (κ2) is 16.6. The Hall–Kier alpha value is -4.29. The zero-order valence-corrected chi connectivity index (χ0v) is 29.9. The molecule has 2 N–H and O–H groups in total. The molecule has 1 aliphatic rings. The van der Waals surface area contributed by atoms with Gasteiger partial charge in [0.1, 0.15) is 17.2 Å². The Morgan fingerprint density at radius 2 is 1.70 bits per heavy atom. The second-order valence-corrected chi connectivity index (χ2v) is 14.5. The first kappa shape index (κ1) is 37.0. The van der Waals surface area contributed by atoms with Gasteiger partial charge in [-0.1, -0.05) is 47.5 Å². The van der Waals surface area contributed by atoms with Crippen molar-refractivity contribution in [3.63, 3.8) is 0 Å². The fourth-order valence-electron chi connectivity index (χ4n) is 5.64. The van der Waals surface area contributed by atoms with Crippen molar-refractivity contribution in [2.24, 2.45) is 4.99 Å². The number of amides is 1. The van der Waals surface area contributed by atoms with Gasteiger partial charge in [-0.15, -0.1) is 0 Å². The molecule has 1 amide bonds. The van der Waals surface area contributed by atoms with Gasteiger partial charge in [0, 0.05) is 47.2 Å². The Morgan fingerprint density at radius 1 is 0.960 bits per heavy atom. The third-order valence-electron chi connectivity index (χ3n) is 8.30. The van der Waals surface area contributed by atoms with Crippen molar-refractivity contribution in [2.45, 2.75) is 35.8 Å². The van der Waals surface area contributed by atoms with Gasteiger partial charge in [0.2, 0.25) is 5.90 Å². The molecule has 0 aliphatic carbocycles. The molecule has 0 fully saturated rings. The van der Waals surface area contributed by atoms with E-state index in [2.05, 4.69) is 5.32 Å². The van der Waals surface area contributed by atoms with E-state index in [-0.39, 0.29) is 35.4 Å². The highest BCUT2D eigenvalue weighted by atomic mass is 35.5. The number of aliphatic hydroxyl groups is 1. The molecular formula is C37H38Cl2N2O8S. The largest absolute Gasteiger partial charge is 0.497 e. The molecule has 4 aromatic rings. The molecule has 2 atom stereocenters. The van der Waals surface area contributed by atoms with Crippen LogP contribution in [0.5, 0.6) is 17.2 Å². The van der Waals surface area contributed by atoms with Crippen molar-refractivity contribution in [3.8, 4) is 17.2 Å². The van der Waals surface area contributed by atoms with Gasteiger partial charge in [-0.25, -0.2) is 13.4 Å². The van der Waals surface area contributed by atoms with Crippen LogP contribution in [0, 0.1) is 0 Å². The molecule has 5 rings (SSSR count). The lowest BCUT2D eigenvalue weighted by molar-refractivity contribution is -0.129. The van der Waals surface area contributed by atoms with Crippen LogP contribution in [-0.2, 0) is 25.8 Å². The third-order valence-corrected chi connectivity index (χ3v) is 10.6. The van der Waals surface area contributed by atoms with Gasteiger partial charge >= 0.3 is 0 Å². The maximum absolute atomic E-state index is 14.6. The quantitative estimate of drug-likeness (QED) is 0.129. The zero-order valence-electron chi connectivity index (χ0n) is 27.6. The number of methoxy groups -OCH3 is 2. The van der Waals surface area contributed by atoms with E-state index in [1.165, 1.54) is 18.2 Å². The number of benzene rings is 4. The summed E-state index contributed by atoms with van der Waals surface area (Å²) in [4.78, 5) is 19.6. The van der Waals surface area contributed by atoms with Crippen LogP contribution < -0.4 is 19.5 Å². The smallest absolute Gasteiger partial charge is 0.252 e. The highest BCUT2D eigenvalue weighted by Crippen LogP contribution is 2.45. The minimum Gasteiger partial charge on any atom is -0.497 e. The van der Waals surface area contributed by atoms with E-state index in [1.807, 2.05) is 6.07 Å². The number of aliphatic imine (C=N–C) groups is 1. The first-order chi connectivity index (χ1) is 24.1. The number of hydrogen-bond acceptors (Lipinski definition) is 9. The molecule has 13 heteroatoms. The monoisotopic (exact) mass is 740 g/mol. The molecule has 0 unspecified atom stereocenters. The van der Waals surface area contributed by atoms with E-state index < -0.39 is 33.1 Å². The lowest BCUT2D eigenvalue weighted by Crippen LogP contribution is -2.49. The number of hydrogen-bond donors (Lipinski definition) is 2. The molecular weight excluding hydrogens is 703 g/mol. The predicted molar refractivity (Wildman–Crippen MR) is 193 cm³/mol. The summed E-state index contributed by atoms with van der Waals surface area (Å²) in [6.45, 7) is 0.515. The number of nitrogens with zero attached hydrogens (tertiary/aromatic N) is 1. The predicted octanol–water partition coefficient (Wildman–Crippen LogP) is 6.25. The van der Waals surface area contributed by atoms with E-state index in [0.29, 0.717) is 52.8 Å². The number of aliphatic hydroxyl groups excluding tert-OH is 1. The summed E-state index contributed by atoms with van der Waals surface area (Å²) >= 11 is 13.0. The Morgan fingerprint density at radius 3 is 2.38 bits per heavy atom. The van der Waals surface area contributed by atoms with Crippen LogP contribution in [0.3, 0.4) is 0 Å². The number of halogens is 2. The van der Waals surface area contributed by atoms with E-state index >= 15 is 0 Å². The maximum atomic E-state index is 14.6. The number of rotatable bonds is 16. The highest BCUT2D eigenvalue weighted by Gasteiger charge is 2.54. The van der Waals surface area contributed by atoms with E-state index in [0.717, 1.165) is 5.56 Å². The van der Waals surface area contributed by atoms with Crippen molar-refractivity contribution in [1.29, 1.82) is 0 Å². The van der Waals surface area contributed by atoms with E-state index in [1.54, 1.807) is 80.9 Å². The summed E-state index contributed by atoms with van der Waals surface area (Å²) in [6.07, 6.45) is -0.477. The van der Waals surface area contributed by atoms with Crippen molar-refractivity contribution in [3.05, 3.63) is 118 Å². The molecule has 0 spiro atoms. The summed E-state index contributed by atoms with van der Waals surface area (Å²) < 4.78 is 50.3. The van der Waals surface area contributed by atoms with Gasteiger partial charge in [-0.3, -0.25) is 4.79 Å². The fourth-order valence-corrected chi connectivity index (χ4v) is 7.53. The molecule has 0 aromatic heterocycles. The first-order valence-electron chi connectivity index (χ1n) is 15.9. The Balaban J connectivity index is 1.54. The fraction of sp³-hybridized carbons (Fsp3) is 0.297.